The number of amides is 2. The Labute approximate surface area is 201 Å². The van der Waals surface area contributed by atoms with Crippen molar-refractivity contribution >= 4 is 67.7 Å². The van der Waals surface area contributed by atoms with Crippen molar-refractivity contribution in [1.82, 2.24) is 15.6 Å². The van der Waals surface area contributed by atoms with E-state index >= 15 is 0 Å². The topological polar surface area (TPSA) is 133 Å². The van der Waals surface area contributed by atoms with E-state index in [1.54, 1.807) is 12.1 Å². The average Bonchev–Trinajstić information content (AvgIpc) is 3.07. The summed E-state index contributed by atoms with van der Waals surface area (Å²) in [5, 5.41) is 17.1. The summed E-state index contributed by atoms with van der Waals surface area (Å²) in [4.78, 5) is 38.5. The molecule has 2 aromatic rings. The SMILES string of the molecule is Cl.O=C(O)CNC(=O)c1ccc(NC(=O)c2cc(Br)c(Br)[nH]2)c(OC2CCNCC2)c1. The number of benzene rings is 1. The summed E-state index contributed by atoms with van der Waals surface area (Å²) < 4.78 is 7.44. The van der Waals surface area contributed by atoms with Crippen LogP contribution in [0.5, 0.6) is 5.75 Å². The van der Waals surface area contributed by atoms with E-state index in [0.717, 1.165) is 25.9 Å². The first-order valence-electron chi connectivity index (χ1n) is 9.20. The number of ether oxygens (including phenoxy) is 1. The lowest BCUT2D eigenvalue weighted by Crippen LogP contribution is -2.34. The molecule has 5 N–H and O–H groups in total. The number of aliphatic carboxylic acids is 1. The van der Waals surface area contributed by atoms with Gasteiger partial charge < -0.3 is 30.8 Å². The van der Waals surface area contributed by atoms with Gasteiger partial charge in [0.25, 0.3) is 11.8 Å². The number of carboxylic acid groups (broad SMARTS) is 1. The molecular formula is C19H21Br2ClN4O5. The first-order valence-corrected chi connectivity index (χ1v) is 10.8. The maximum atomic E-state index is 12.6. The van der Waals surface area contributed by atoms with Crippen LogP contribution in [0.3, 0.4) is 0 Å². The van der Waals surface area contributed by atoms with Crippen LogP contribution < -0.4 is 20.7 Å². The number of piperidine rings is 1. The predicted octanol–water partition coefficient (Wildman–Crippen LogP) is 3.16. The lowest BCUT2D eigenvalue weighted by atomic mass is 10.1. The van der Waals surface area contributed by atoms with Crippen LogP contribution in [-0.4, -0.2) is 53.6 Å². The number of anilines is 1. The van der Waals surface area contributed by atoms with Gasteiger partial charge in [-0.05, 0) is 82.1 Å². The number of rotatable bonds is 7. The summed E-state index contributed by atoms with van der Waals surface area (Å²) in [6.45, 7) is 1.14. The minimum atomic E-state index is -1.14. The van der Waals surface area contributed by atoms with Crippen LogP contribution >= 0.6 is 44.3 Å². The molecule has 9 nitrogen and oxygen atoms in total. The molecule has 168 valence electrons. The van der Waals surface area contributed by atoms with E-state index in [4.69, 9.17) is 9.84 Å². The van der Waals surface area contributed by atoms with Gasteiger partial charge in [0.1, 0.15) is 24.1 Å². The summed E-state index contributed by atoms with van der Waals surface area (Å²) in [5.74, 6) is -1.70. The largest absolute Gasteiger partial charge is 0.488 e. The quantitative estimate of drug-likeness (QED) is 0.342. The summed E-state index contributed by atoms with van der Waals surface area (Å²) in [6.07, 6.45) is 1.52. The van der Waals surface area contributed by atoms with Gasteiger partial charge in [-0.25, -0.2) is 0 Å². The zero-order valence-electron chi connectivity index (χ0n) is 16.2. The molecule has 3 rings (SSSR count). The third-order valence-corrected chi connectivity index (χ3v) is 6.22. The molecule has 1 aromatic carbocycles. The lowest BCUT2D eigenvalue weighted by molar-refractivity contribution is -0.135. The van der Waals surface area contributed by atoms with Gasteiger partial charge in [-0.15, -0.1) is 12.4 Å². The summed E-state index contributed by atoms with van der Waals surface area (Å²) in [7, 11) is 0. The molecule has 1 aliphatic heterocycles. The van der Waals surface area contributed by atoms with Gasteiger partial charge in [-0.2, -0.15) is 0 Å². The second kappa shape index (κ2) is 11.5. The normalized spacial score (nSPS) is 13.7. The van der Waals surface area contributed by atoms with Crippen LogP contribution in [0.25, 0.3) is 0 Å². The number of carbonyl (C=O) groups excluding carboxylic acids is 2. The molecule has 12 heteroatoms. The number of H-pyrrole nitrogens is 1. The number of hydrogen-bond donors (Lipinski definition) is 5. The molecule has 0 aliphatic carbocycles. The zero-order chi connectivity index (χ0) is 21.7. The zero-order valence-corrected chi connectivity index (χ0v) is 20.2. The molecule has 0 bridgehead atoms. The molecule has 1 aromatic heterocycles. The molecule has 0 spiro atoms. The van der Waals surface area contributed by atoms with E-state index in [9.17, 15) is 14.4 Å². The van der Waals surface area contributed by atoms with Crippen molar-refractivity contribution in [3.8, 4) is 5.75 Å². The Morgan fingerprint density at radius 3 is 2.45 bits per heavy atom. The maximum absolute atomic E-state index is 12.6. The Morgan fingerprint density at radius 2 is 1.84 bits per heavy atom. The van der Waals surface area contributed by atoms with Gasteiger partial charge in [0.15, 0.2) is 0 Å². The first-order chi connectivity index (χ1) is 14.3. The highest BCUT2D eigenvalue weighted by molar-refractivity contribution is 9.13. The minimum absolute atomic E-state index is 0. The van der Waals surface area contributed by atoms with Crippen LogP contribution in [0, 0.1) is 0 Å². The third kappa shape index (κ3) is 6.96. The summed E-state index contributed by atoms with van der Waals surface area (Å²) >= 11 is 6.63. The highest BCUT2D eigenvalue weighted by atomic mass is 79.9. The summed E-state index contributed by atoms with van der Waals surface area (Å²) in [5.41, 5.74) is 0.989. The summed E-state index contributed by atoms with van der Waals surface area (Å²) in [6, 6.07) is 6.22. The maximum Gasteiger partial charge on any atom is 0.322 e. The molecule has 0 unspecified atom stereocenters. The Bertz CT molecular complexity index is 943. The van der Waals surface area contributed by atoms with Crippen LogP contribution in [0.15, 0.2) is 33.3 Å². The Kier molecular flexibility index (Phi) is 9.35. The van der Waals surface area contributed by atoms with Gasteiger partial charge in [0, 0.05) is 5.56 Å². The van der Waals surface area contributed by atoms with E-state index in [1.165, 1.54) is 12.1 Å². The lowest BCUT2D eigenvalue weighted by Gasteiger charge is -2.25. The average molecular weight is 581 g/mol. The fraction of sp³-hybridized carbons (Fsp3) is 0.316. The van der Waals surface area contributed by atoms with Crippen molar-refractivity contribution in [2.75, 3.05) is 25.0 Å². The number of hydrogen-bond acceptors (Lipinski definition) is 5. The predicted molar refractivity (Wildman–Crippen MR) is 124 cm³/mol. The van der Waals surface area contributed by atoms with Gasteiger partial charge in [0.05, 0.1) is 14.8 Å². The fourth-order valence-corrected chi connectivity index (χ4v) is 3.59. The number of aromatic amines is 1. The van der Waals surface area contributed by atoms with Gasteiger partial charge in [-0.1, -0.05) is 0 Å². The molecule has 0 radical (unpaired) electrons. The molecule has 0 atom stereocenters. The van der Waals surface area contributed by atoms with Crippen molar-refractivity contribution in [2.24, 2.45) is 0 Å². The van der Waals surface area contributed by atoms with Crippen LogP contribution in [-0.2, 0) is 4.79 Å². The van der Waals surface area contributed by atoms with Crippen molar-refractivity contribution in [3.63, 3.8) is 0 Å². The third-order valence-electron chi connectivity index (χ3n) is 4.44. The highest BCUT2D eigenvalue weighted by Gasteiger charge is 2.20. The molecule has 1 saturated heterocycles. The number of carbonyl (C=O) groups is 3. The Hall–Kier alpha value is -2.08. The van der Waals surface area contributed by atoms with E-state index in [0.29, 0.717) is 26.2 Å². The second-order valence-electron chi connectivity index (χ2n) is 6.65. The van der Waals surface area contributed by atoms with E-state index in [2.05, 4.69) is 52.8 Å². The van der Waals surface area contributed by atoms with Crippen molar-refractivity contribution in [2.45, 2.75) is 18.9 Å². The Balaban J connectivity index is 0.00000341. The fourth-order valence-electron chi connectivity index (χ4n) is 2.93. The standard InChI is InChI=1S/C19H20Br2N4O5.ClH/c20-12-8-14(24-17(12)21)19(29)25-13-2-1-10(18(28)23-9-16(26)27)7-15(13)30-11-3-5-22-6-4-11;/h1-2,7-8,11,22,24H,3-6,9H2,(H,23,28)(H,25,29)(H,26,27);1H. The molecule has 0 saturated carbocycles. The minimum Gasteiger partial charge on any atom is -0.488 e. The van der Waals surface area contributed by atoms with Gasteiger partial charge in [0.2, 0.25) is 0 Å². The number of halogens is 3. The van der Waals surface area contributed by atoms with Crippen LogP contribution in [0.4, 0.5) is 5.69 Å². The second-order valence-corrected chi connectivity index (χ2v) is 8.30. The molecule has 2 amide bonds. The smallest absolute Gasteiger partial charge is 0.322 e. The van der Waals surface area contributed by atoms with E-state index < -0.39 is 18.4 Å². The highest BCUT2D eigenvalue weighted by Crippen LogP contribution is 2.30. The number of carboxylic acids is 1. The van der Waals surface area contributed by atoms with Gasteiger partial charge >= 0.3 is 5.97 Å². The molecule has 1 fully saturated rings. The molecular weight excluding hydrogens is 559 g/mol. The monoisotopic (exact) mass is 578 g/mol. The molecule has 1 aliphatic rings. The van der Waals surface area contributed by atoms with Crippen LogP contribution in [0.2, 0.25) is 0 Å². The van der Waals surface area contributed by atoms with Crippen molar-refractivity contribution in [1.29, 1.82) is 0 Å². The van der Waals surface area contributed by atoms with Crippen molar-refractivity contribution < 1.29 is 24.2 Å². The van der Waals surface area contributed by atoms with Gasteiger partial charge in [-0.3, -0.25) is 14.4 Å². The first kappa shape index (κ1) is 25.2. The molecule has 31 heavy (non-hydrogen) atoms. The van der Waals surface area contributed by atoms with Crippen LogP contribution in [0.1, 0.15) is 33.7 Å². The number of aromatic nitrogens is 1. The number of nitrogens with one attached hydrogen (secondary N) is 4. The van der Waals surface area contributed by atoms with Crippen molar-refractivity contribution in [3.05, 3.63) is 44.6 Å². The Morgan fingerprint density at radius 1 is 1.13 bits per heavy atom. The molecule has 2 heterocycles. The van der Waals surface area contributed by atoms with E-state index in [1.807, 2.05) is 0 Å². The van der Waals surface area contributed by atoms with E-state index in [-0.39, 0.29) is 30.0 Å².